The van der Waals surface area contributed by atoms with Crippen molar-refractivity contribution < 1.29 is 22.4 Å². The van der Waals surface area contributed by atoms with Crippen molar-refractivity contribution in [3.05, 3.63) is 22.6 Å². The molecule has 0 radical (unpaired) electrons. The Morgan fingerprint density at radius 2 is 2.26 bits per heavy atom. The first-order valence-corrected chi connectivity index (χ1v) is 8.31. The third-order valence-electron chi connectivity index (χ3n) is 2.72. The molecule has 6 nitrogen and oxygen atoms in total. The zero-order chi connectivity index (χ0) is 13.9. The molecule has 0 saturated carbocycles. The van der Waals surface area contributed by atoms with Gasteiger partial charge in [-0.2, -0.15) is 0 Å². The van der Waals surface area contributed by atoms with E-state index >= 15 is 0 Å². The van der Waals surface area contributed by atoms with Gasteiger partial charge >= 0.3 is 0 Å². The van der Waals surface area contributed by atoms with Crippen LogP contribution in [0.25, 0.3) is 0 Å². The molecular weight excluding hydrogens is 338 g/mol. The highest BCUT2D eigenvalue weighted by Gasteiger charge is 2.25. The van der Waals surface area contributed by atoms with Crippen molar-refractivity contribution in [3.63, 3.8) is 0 Å². The minimum Gasteiger partial charge on any atom is -0.458 e. The Hall–Kier alpha value is -0.860. The smallest absolute Gasteiger partial charge is 0.300 e. The number of halogens is 1. The van der Waals surface area contributed by atoms with Gasteiger partial charge in [-0.3, -0.25) is 4.79 Å². The Morgan fingerprint density at radius 3 is 2.84 bits per heavy atom. The molecule has 0 aromatic carbocycles. The number of furan rings is 1. The quantitative estimate of drug-likeness (QED) is 0.891. The number of hydrogen-bond donors (Lipinski definition) is 1. The molecule has 1 N–H and O–H groups in total. The SMILES string of the molecule is O=C(NS(=O)(=O)CC1CCCCO1)c1cc(Br)co1. The molecule has 2 heterocycles. The van der Waals surface area contributed by atoms with E-state index in [0.717, 1.165) is 12.8 Å². The van der Waals surface area contributed by atoms with Crippen LogP contribution in [0.3, 0.4) is 0 Å². The van der Waals surface area contributed by atoms with Crippen LogP contribution in [-0.2, 0) is 14.8 Å². The molecule has 1 aliphatic heterocycles. The molecular formula is C11H14BrNO5S. The molecule has 1 unspecified atom stereocenters. The Bertz CT molecular complexity index is 547. The van der Waals surface area contributed by atoms with Crippen LogP contribution in [0.15, 0.2) is 21.2 Å². The van der Waals surface area contributed by atoms with Gasteiger partial charge in [-0.1, -0.05) is 0 Å². The summed E-state index contributed by atoms with van der Waals surface area (Å²) in [6.07, 6.45) is 3.55. The minimum absolute atomic E-state index is 0.0555. The average molecular weight is 352 g/mol. The second kappa shape index (κ2) is 6.06. The maximum atomic E-state index is 11.8. The fourth-order valence-corrected chi connectivity index (χ4v) is 3.37. The molecule has 0 aliphatic carbocycles. The van der Waals surface area contributed by atoms with Gasteiger partial charge in [0.1, 0.15) is 6.26 Å². The van der Waals surface area contributed by atoms with E-state index in [4.69, 9.17) is 9.15 Å². The zero-order valence-electron chi connectivity index (χ0n) is 10.1. The Labute approximate surface area is 119 Å². The van der Waals surface area contributed by atoms with E-state index in [0.29, 0.717) is 17.5 Å². The van der Waals surface area contributed by atoms with Crippen LogP contribution >= 0.6 is 15.9 Å². The monoisotopic (exact) mass is 351 g/mol. The van der Waals surface area contributed by atoms with Gasteiger partial charge in [-0.25, -0.2) is 13.1 Å². The van der Waals surface area contributed by atoms with Crippen molar-refractivity contribution in [2.24, 2.45) is 0 Å². The molecule has 106 valence electrons. The summed E-state index contributed by atoms with van der Waals surface area (Å²) in [5.74, 6) is -1.04. The average Bonchev–Trinajstić information content (AvgIpc) is 2.76. The summed E-state index contributed by atoms with van der Waals surface area (Å²) in [5, 5.41) is 0. The lowest BCUT2D eigenvalue weighted by Gasteiger charge is -2.22. The first kappa shape index (κ1) is 14.5. The van der Waals surface area contributed by atoms with E-state index in [9.17, 15) is 13.2 Å². The Balaban J connectivity index is 1.94. The molecule has 19 heavy (non-hydrogen) atoms. The van der Waals surface area contributed by atoms with Crippen LogP contribution < -0.4 is 4.72 Å². The van der Waals surface area contributed by atoms with Crippen molar-refractivity contribution in [3.8, 4) is 0 Å². The zero-order valence-corrected chi connectivity index (χ0v) is 12.5. The number of hydrogen-bond acceptors (Lipinski definition) is 5. The van der Waals surface area contributed by atoms with E-state index < -0.39 is 15.9 Å². The molecule has 0 spiro atoms. The first-order valence-electron chi connectivity index (χ1n) is 5.87. The van der Waals surface area contributed by atoms with Crippen LogP contribution in [0.4, 0.5) is 0 Å². The minimum atomic E-state index is -3.72. The van der Waals surface area contributed by atoms with Crippen molar-refractivity contribution >= 4 is 31.9 Å². The normalized spacial score (nSPS) is 20.2. The number of ether oxygens (including phenoxy) is 1. The van der Waals surface area contributed by atoms with Crippen LogP contribution in [0.2, 0.25) is 0 Å². The third kappa shape index (κ3) is 4.32. The van der Waals surface area contributed by atoms with E-state index in [-0.39, 0.29) is 17.6 Å². The molecule has 1 amide bonds. The van der Waals surface area contributed by atoms with Crippen molar-refractivity contribution in [1.82, 2.24) is 4.72 Å². The highest BCUT2D eigenvalue weighted by molar-refractivity contribution is 9.10. The molecule has 2 rings (SSSR count). The van der Waals surface area contributed by atoms with Crippen LogP contribution in [0.5, 0.6) is 0 Å². The molecule has 1 saturated heterocycles. The maximum Gasteiger partial charge on any atom is 0.300 e. The number of amides is 1. The lowest BCUT2D eigenvalue weighted by molar-refractivity contribution is 0.0304. The number of sulfonamides is 1. The summed E-state index contributed by atoms with van der Waals surface area (Å²) in [7, 11) is -3.72. The fraction of sp³-hybridized carbons (Fsp3) is 0.545. The van der Waals surface area contributed by atoms with Crippen LogP contribution in [-0.4, -0.2) is 32.8 Å². The summed E-state index contributed by atoms with van der Waals surface area (Å²) in [6.45, 7) is 0.569. The molecule has 1 aliphatic rings. The Kier molecular flexibility index (Phi) is 4.64. The molecule has 1 aromatic heterocycles. The summed E-state index contributed by atoms with van der Waals surface area (Å²) >= 11 is 3.12. The van der Waals surface area contributed by atoms with Gasteiger partial charge in [-0.15, -0.1) is 0 Å². The standard InChI is InChI=1S/C11H14BrNO5S/c12-8-5-10(18-6-8)11(14)13-19(15,16)7-9-3-1-2-4-17-9/h5-6,9H,1-4,7H2,(H,13,14). The summed E-state index contributed by atoms with van der Waals surface area (Å²) < 4.78 is 36.4. The number of carbonyl (C=O) groups is 1. The van der Waals surface area contributed by atoms with E-state index in [1.807, 2.05) is 4.72 Å². The van der Waals surface area contributed by atoms with Gasteiger partial charge in [-0.05, 0) is 35.2 Å². The summed E-state index contributed by atoms with van der Waals surface area (Å²) in [4.78, 5) is 11.7. The summed E-state index contributed by atoms with van der Waals surface area (Å²) in [6, 6.07) is 1.40. The fourth-order valence-electron chi connectivity index (χ4n) is 1.85. The topological polar surface area (TPSA) is 85.6 Å². The lowest BCUT2D eigenvalue weighted by atomic mass is 10.1. The molecule has 0 bridgehead atoms. The van der Waals surface area contributed by atoms with Gasteiger partial charge in [0.05, 0.1) is 16.3 Å². The number of carbonyl (C=O) groups excluding carboxylic acids is 1. The van der Waals surface area contributed by atoms with E-state index in [1.54, 1.807) is 0 Å². The second-order valence-electron chi connectivity index (χ2n) is 4.33. The second-order valence-corrected chi connectivity index (χ2v) is 7.01. The largest absolute Gasteiger partial charge is 0.458 e. The van der Waals surface area contributed by atoms with Crippen molar-refractivity contribution in [2.45, 2.75) is 25.4 Å². The molecule has 1 fully saturated rings. The van der Waals surface area contributed by atoms with Gasteiger partial charge < -0.3 is 9.15 Å². The maximum absolute atomic E-state index is 11.8. The van der Waals surface area contributed by atoms with Crippen molar-refractivity contribution in [2.75, 3.05) is 12.4 Å². The number of rotatable bonds is 4. The van der Waals surface area contributed by atoms with Crippen LogP contribution in [0.1, 0.15) is 29.8 Å². The van der Waals surface area contributed by atoms with Gasteiger partial charge in [0.25, 0.3) is 5.91 Å². The third-order valence-corrected chi connectivity index (χ3v) is 4.44. The van der Waals surface area contributed by atoms with Crippen molar-refractivity contribution in [1.29, 1.82) is 0 Å². The van der Waals surface area contributed by atoms with Gasteiger partial charge in [0.2, 0.25) is 10.0 Å². The summed E-state index contributed by atoms with van der Waals surface area (Å²) in [5.41, 5.74) is 0. The highest BCUT2D eigenvalue weighted by Crippen LogP contribution is 2.16. The molecule has 1 aromatic rings. The highest BCUT2D eigenvalue weighted by atomic mass is 79.9. The molecule has 1 atom stereocenters. The predicted octanol–water partition coefficient (Wildman–Crippen LogP) is 1.67. The number of nitrogens with one attached hydrogen (secondary N) is 1. The van der Waals surface area contributed by atoms with Gasteiger partial charge in [0.15, 0.2) is 5.76 Å². The van der Waals surface area contributed by atoms with Crippen LogP contribution in [0, 0.1) is 0 Å². The molecule has 8 heteroatoms. The first-order chi connectivity index (χ1) is 8.96. The lowest BCUT2D eigenvalue weighted by Crippen LogP contribution is -2.38. The van der Waals surface area contributed by atoms with E-state index in [1.165, 1.54) is 12.3 Å². The Morgan fingerprint density at radius 1 is 1.47 bits per heavy atom. The van der Waals surface area contributed by atoms with Gasteiger partial charge in [0, 0.05) is 12.7 Å². The van der Waals surface area contributed by atoms with E-state index in [2.05, 4.69) is 15.9 Å². The predicted molar refractivity (Wildman–Crippen MR) is 71.3 cm³/mol.